The maximum absolute atomic E-state index is 14.1. The molecule has 0 aliphatic heterocycles. The molecule has 0 spiro atoms. The SMILES string of the molecule is C=C(C)C(=C\C(OC)=C(/C)C(O)(COCC1(c2ccc(Cl)cc2)CC1)C(F)(F)F)/N=C/N(C)CC. The fourth-order valence-corrected chi connectivity index (χ4v) is 3.55. The van der Waals surface area contributed by atoms with Gasteiger partial charge in [-0.2, -0.15) is 13.2 Å². The van der Waals surface area contributed by atoms with Crippen molar-refractivity contribution in [3.05, 3.63) is 70.1 Å². The average molecular weight is 515 g/mol. The van der Waals surface area contributed by atoms with Gasteiger partial charge in [0.1, 0.15) is 5.76 Å². The molecule has 2 rings (SSSR count). The van der Waals surface area contributed by atoms with Crippen LogP contribution in [0.2, 0.25) is 5.02 Å². The molecule has 1 aliphatic rings. The Hall–Kier alpha value is -2.29. The predicted octanol–water partition coefficient (Wildman–Crippen LogP) is 6.04. The Morgan fingerprint density at radius 3 is 2.31 bits per heavy atom. The first-order valence-electron chi connectivity index (χ1n) is 11.3. The summed E-state index contributed by atoms with van der Waals surface area (Å²) in [5.41, 5.74) is -2.25. The van der Waals surface area contributed by atoms with Crippen LogP contribution in [0, 0.1) is 0 Å². The lowest BCUT2D eigenvalue weighted by atomic mass is 9.92. The number of methoxy groups -OCH3 is 1. The summed E-state index contributed by atoms with van der Waals surface area (Å²) < 4.78 is 53.2. The van der Waals surface area contributed by atoms with Crippen molar-refractivity contribution < 1.29 is 27.8 Å². The maximum atomic E-state index is 14.1. The minimum absolute atomic E-state index is 0.0448. The predicted molar refractivity (Wildman–Crippen MR) is 134 cm³/mol. The van der Waals surface area contributed by atoms with Gasteiger partial charge in [0.25, 0.3) is 0 Å². The molecule has 1 N–H and O–H groups in total. The minimum Gasteiger partial charge on any atom is -0.497 e. The molecule has 0 amide bonds. The van der Waals surface area contributed by atoms with Crippen LogP contribution in [0.4, 0.5) is 13.2 Å². The van der Waals surface area contributed by atoms with Crippen molar-refractivity contribution in [3.63, 3.8) is 0 Å². The summed E-state index contributed by atoms with van der Waals surface area (Å²) in [4.78, 5) is 6.10. The summed E-state index contributed by atoms with van der Waals surface area (Å²) >= 11 is 5.95. The lowest BCUT2D eigenvalue weighted by Gasteiger charge is -2.32. The van der Waals surface area contributed by atoms with Gasteiger partial charge in [-0.3, -0.25) is 0 Å². The second-order valence-corrected chi connectivity index (χ2v) is 9.40. The highest BCUT2D eigenvalue weighted by molar-refractivity contribution is 6.30. The summed E-state index contributed by atoms with van der Waals surface area (Å²) in [6.07, 6.45) is -0.544. The molecule has 1 unspecified atom stereocenters. The summed E-state index contributed by atoms with van der Waals surface area (Å²) in [6, 6.07) is 7.19. The molecule has 1 atom stereocenters. The number of ether oxygens (including phenoxy) is 2. The second kappa shape index (κ2) is 11.6. The van der Waals surface area contributed by atoms with Crippen molar-refractivity contribution in [1.29, 1.82) is 0 Å². The molecule has 0 heterocycles. The van der Waals surface area contributed by atoms with E-state index in [2.05, 4.69) is 11.6 Å². The number of aliphatic imine (C=N–C) groups is 1. The van der Waals surface area contributed by atoms with Gasteiger partial charge < -0.3 is 19.5 Å². The lowest BCUT2D eigenvalue weighted by molar-refractivity contribution is -0.260. The molecular formula is C26H34ClF3N2O3. The van der Waals surface area contributed by atoms with Gasteiger partial charge in [-0.05, 0) is 56.9 Å². The van der Waals surface area contributed by atoms with E-state index in [-0.39, 0.29) is 17.8 Å². The van der Waals surface area contributed by atoms with Gasteiger partial charge in [-0.25, -0.2) is 4.99 Å². The van der Waals surface area contributed by atoms with Crippen LogP contribution in [0.3, 0.4) is 0 Å². The fraction of sp³-hybridized carbons (Fsp3) is 0.500. The molecule has 1 saturated carbocycles. The Labute approximate surface area is 210 Å². The summed E-state index contributed by atoms with van der Waals surface area (Å²) in [6.45, 7) is 8.40. The number of allylic oxidation sites excluding steroid dienone is 2. The van der Waals surface area contributed by atoms with Crippen molar-refractivity contribution >= 4 is 17.9 Å². The van der Waals surface area contributed by atoms with Crippen molar-refractivity contribution in [2.24, 2.45) is 4.99 Å². The number of benzene rings is 1. The Morgan fingerprint density at radius 1 is 1.26 bits per heavy atom. The standard InChI is InChI=1S/C26H34ClF3N2O3/c1-7-32(5)17-31-22(18(2)3)14-23(34-6)19(4)25(33,26(28,29)30)16-35-15-24(12-13-24)20-8-10-21(27)11-9-20/h8-11,14,17,33H,2,7,12-13,15-16H2,1,3-6H3/b22-14+,23-19-,31-17+. The van der Waals surface area contributed by atoms with E-state index in [1.165, 1.54) is 20.1 Å². The third-order valence-corrected chi connectivity index (χ3v) is 6.53. The van der Waals surface area contributed by atoms with E-state index >= 15 is 0 Å². The monoisotopic (exact) mass is 514 g/mol. The Kier molecular flexibility index (Phi) is 9.62. The largest absolute Gasteiger partial charge is 0.497 e. The van der Waals surface area contributed by atoms with E-state index in [1.54, 1.807) is 30.3 Å². The van der Waals surface area contributed by atoms with Crippen molar-refractivity contribution in [3.8, 4) is 0 Å². The fourth-order valence-electron chi connectivity index (χ4n) is 3.43. The van der Waals surface area contributed by atoms with Gasteiger partial charge in [0, 0.05) is 35.7 Å². The molecule has 1 aromatic rings. The maximum Gasteiger partial charge on any atom is 0.423 e. The van der Waals surface area contributed by atoms with E-state index < -0.39 is 24.0 Å². The van der Waals surface area contributed by atoms with Crippen LogP contribution in [-0.2, 0) is 14.9 Å². The number of alkyl halides is 3. The first-order chi connectivity index (χ1) is 16.3. The van der Waals surface area contributed by atoms with Crippen molar-refractivity contribution in [1.82, 2.24) is 4.90 Å². The van der Waals surface area contributed by atoms with E-state index in [9.17, 15) is 18.3 Å². The van der Waals surface area contributed by atoms with Gasteiger partial charge in [0.15, 0.2) is 0 Å². The minimum atomic E-state index is -5.00. The van der Waals surface area contributed by atoms with Crippen LogP contribution >= 0.6 is 11.6 Å². The Morgan fingerprint density at radius 2 is 1.86 bits per heavy atom. The van der Waals surface area contributed by atoms with Gasteiger partial charge in [0.05, 0.1) is 32.4 Å². The number of hydrogen-bond donors (Lipinski definition) is 1. The zero-order valence-corrected chi connectivity index (χ0v) is 21.6. The van der Waals surface area contributed by atoms with Crippen LogP contribution in [-0.4, -0.2) is 62.0 Å². The van der Waals surface area contributed by atoms with Crippen LogP contribution < -0.4 is 0 Å². The van der Waals surface area contributed by atoms with E-state index in [1.807, 2.05) is 26.1 Å². The topological polar surface area (TPSA) is 54.3 Å². The van der Waals surface area contributed by atoms with Gasteiger partial charge in [0.2, 0.25) is 5.60 Å². The second-order valence-electron chi connectivity index (χ2n) is 8.96. The quantitative estimate of drug-likeness (QED) is 0.160. The van der Waals surface area contributed by atoms with E-state index in [0.29, 0.717) is 22.8 Å². The molecular weight excluding hydrogens is 481 g/mol. The normalized spacial score (nSPS) is 18.2. The number of halogens is 4. The highest BCUT2D eigenvalue weighted by Crippen LogP contribution is 2.49. The van der Waals surface area contributed by atoms with E-state index in [4.69, 9.17) is 21.1 Å². The molecule has 1 aromatic carbocycles. The Bertz CT molecular complexity index is 983. The highest BCUT2D eigenvalue weighted by Gasteiger charge is 2.57. The molecule has 5 nitrogen and oxygen atoms in total. The van der Waals surface area contributed by atoms with Gasteiger partial charge in [-0.1, -0.05) is 30.3 Å². The lowest BCUT2D eigenvalue weighted by Crippen LogP contribution is -2.51. The van der Waals surface area contributed by atoms with Crippen molar-refractivity contribution in [2.45, 2.75) is 50.8 Å². The smallest absolute Gasteiger partial charge is 0.423 e. The molecule has 0 aromatic heterocycles. The van der Waals surface area contributed by atoms with Gasteiger partial charge in [-0.15, -0.1) is 0 Å². The van der Waals surface area contributed by atoms with Crippen molar-refractivity contribution in [2.75, 3.05) is 33.9 Å². The molecule has 0 bridgehead atoms. The zero-order valence-electron chi connectivity index (χ0n) is 20.9. The molecule has 194 valence electrons. The first kappa shape index (κ1) is 28.9. The van der Waals surface area contributed by atoms with Crippen LogP contribution in [0.5, 0.6) is 0 Å². The van der Waals surface area contributed by atoms with Gasteiger partial charge >= 0.3 is 6.18 Å². The molecule has 35 heavy (non-hydrogen) atoms. The molecule has 1 fully saturated rings. The van der Waals surface area contributed by atoms with Crippen LogP contribution in [0.1, 0.15) is 39.2 Å². The highest BCUT2D eigenvalue weighted by atomic mass is 35.5. The molecule has 0 saturated heterocycles. The molecule has 9 heteroatoms. The molecule has 0 radical (unpaired) electrons. The summed E-state index contributed by atoms with van der Waals surface area (Å²) in [7, 11) is 3.05. The number of rotatable bonds is 12. The number of nitrogens with zero attached hydrogens (tertiary/aromatic N) is 2. The summed E-state index contributed by atoms with van der Waals surface area (Å²) in [5.74, 6) is -0.165. The summed E-state index contributed by atoms with van der Waals surface area (Å²) in [5, 5.41) is 11.4. The Balaban J connectivity index is 2.32. The number of aliphatic hydroxyl groups is 1. The number of hydrogen-bond acceptors (Lipinski definition) is 4. The molecule has 1 aliphatic carbocycles. The average Bonchev–Trinajstić information content (AvgIpc) is 3.58. The zero-order chi connectivity index (χ0) is 26.4. The first-order valence-corrected chi connectivity index (χ1v) is 11.7. The third-order valence-electron chi connectivity index (χ3n) is 6.28. The van der Waals surface area contributed by atoms with Crippen LogP contribution in [0.15, 0.2) is 64.5 Å². The van der Waals surface area contributed by atoms with Crippen LogP contribution in [0.25, 0.3) is 0 Å². The third kappa shape index (κ3) is 7.12. The van der Waals surface area contributed by atoms with E-state index in [0.717, 1.165) is 18.4 Å².